The summed E-state index contributed by atoms with van der Waals surface area (Å²) in [6, 6.07) is 0. The Morgan fingerprint density at radius 2 is 2.00 bits per heavy atom. The third-order valence-electron chi connectivity index (χ3n) is 8.32. The minimum absolute atomic E-state index is 0.0162. The maximum absolute atomic E-state index is 13.3. The maximum Gasteiger partial charge on any atom is 0.312 e. The average molecular weight is 403 g/mol. The Morgan fingerprint density at radius 1 is 1.24 bits per heavy atom. The van der Waals surface area contributed by atoms with Crippen molar-refractivity contribution in [2.24, 2.45) is 28.6 Å². The van der Waals surface area contributed by atoms with Crippen LogP contribution in [0.5, 0.6) is 0 Å². The van der Waals surface area contributed by atoms with Crippen molar-refractivity contribution < 1.29 is 19.0 Å². The molecule has 0 aromatic heterocycles. The van der Waals surface area contributed by atoms with Crippen LogP contribution in [0.25, 0.3) is 0 Å². The summed E-state index contributed by atoms with van der Waals surface area (Å²) in [4.78, 5) is 13.3. The molecule has 0 radical (unpaired) electrons. The lowest BCUT2D eigenvalue weighted by Crippen LogP contribution is -2.53. The summed E-state index contributed by atoms with van der Waals surface area (Å²) in [5.74, 6) is 1.55. The Kier molecular flexibility index (Phi) is 5.96. The summed E-state index contributed by atoms with van der Waals surface area (Å²) >= 11 is 0. The van der Waals surface area contributed by atoms with Gasteiger partial charge in [0, 0.05) is 6.42 Å². The van der Waals surface area contributed by atoms with Crippen LogP contribution >= 0.6 is 0 Å². The van der Waals surface area contributed by atoms with Crippen molar-refractivity contribution in [2.45, 2.75) is 78.9 Å². The summed E-state index contributed by atoms with van der Waals surface area (Å²) < 4.78 is 16.7. The van der Waals surface area contributed by atoms with Crippen LogP contribution in [0, 0.1) is 28.6 Å². The molecule has 1 saturated heterocycles. The predicted molar refractivity (Wildman–Crippen MR) is 113 cm³/mol. The van der Waals surface area contributed by atoms with E-state index >= 15 is 0 Å². The van der Waals surface area contributed by atoms with E-state index in [1.807, 2.05) is 0 Å². The van der Waals surface area contributed by atoms with Gasteiger partial charge in [-0.25, -0.2) is 0 Å². The number of hydrogen-bond acceptors (Lipinski definition) is 4. The van der Waals surface area contributed by atoms with Crippen LogP contribution in [-0.4, -0.2) is 32.1 Å². The molecule has 4 nitrogen and oxygen atoms in total. The fraction of sp³-hybridized carbons (Fsp3) is 0.800. The zero-order chi connectivity index (χ0) is 20.6. The number of esters is 1. The Labute approximate surface area is 176 Å². The Morgan fingerprint density at radius 3 is 2.72 bits per heavy atom. The lowest BCUT2D eigenvalue weighted by Gasteiger charge is -2.57. The van der Waals surface area contributed by atoms with E-state index in [0.29, 0.717) is 44.0 Å². The third kappa shape index (κ3) is 3.83. The van der Waals surface area contributed by atoms with Gasteiger partial charge in [-0.05, 0) is 67.8 Å². The normalized spacial score (nSPS) is 37.6. The van der Waals surface area contributed by atoms with Crippen LogP contribution in [0.2, 0.25) is 0 Å². The second-order valence-electron chi connectivity index (χ2n) is 10.3. The highest BCUT2D eigenvalue weighted by atomic mass is 16.7. The lowest BCUT2D eigenvalue weighted by atomic mass is 9.47. The Balaban J connectivity index is 1.49. The van der Waals surface area contributed by atoms with Crippen molar-refractivity contribution in [2.75, 3.05) is 19.8 Å². The van der Waals surface area contributed by atoms with E-state index in [1.165, 1.54) is 24.8 Å². The summed E-state index contributed by atoms with van der Waals surface area (Å²) in [5.41, 5.74) is 2.91. The third-order valence-corrected chi connectivity index (χ3v) is 8.32. The van der Waals surface area contributed by atoms with Gasteiger partial charge >= 0.3 is 5.97 Å². The van der Waals surface area contributed by atoms with Crippen LogP contribution in [0.4, 0.5) is 0 Å². The molecule has 0 amide bonds. The van der Waals surface area contributed by atoms with Crippen LogP contribution in [0.1, 0.15) is 72.6 Å². The topological polar surface area (TPSA) is 44.8 Å². The molecule has 3 aliphatic carbocycles. The summed E-state index contributed by atoms with van der Waals surface area (Å²) in [7, 11) is 0. The molecule has 1 saturated carbocycles. The number of carbonyl (C=O) groups is 1. The Hall–Kier alpha value is -1.13. The van der Waals surface area contributed by atoms with Crippen LogP contribution in [-0.2, 0) is 19.0 Å². The van der Waals surface area contributed by atoms with Gasteiger partial charge in [-0.1, -0.05) is 44.9 Å². The van der Waals surface area contributed by atoms with Gasteiger partial charge < -0.3 is 14.2 Å². The highest BCUT2D eigenvalue weighted by Gasteiger charge is 2.57. The molecule has 4 heteroatoms. The first-order valence-corrected chi connectivity index (χ1v) is 11.7. The number of ether oxygens (including phenoxy) is 3. The second-order valence-corrected chi connectivity index (χ2v) is 10.3. The zero-order valence-corrected chi connectivity index (χ0v) is 18.7. The molecule has 4 aliphatic rings. The van der Waals surface area contributed by atoms with Crippen molar-refractivity contribution in [3.63, 3.8) is 0 Å². The fourth-order valence-electron chi connectivity index (χ4n) is 6.58. The van der Waals surface area contributed by atoms with Gasteiger partial charge in [-0.15, -0.1) is 0 Å². The first-order chi connectivity index (χ1) is 13.8. The summed E-state index contributed by atoms with van der Waals surface area (Å²) in [6.45, 7) is 10.9. The van der Waals surface area contributed by atoms with Gasteiger partial charge in [0.05, 0.1) is 25.2 Å². The SMILES string of the molecule is CC(C)C1=CC2=CCC3C(C)(C(=O)OCCC4OCCO4)CCCC3(C)C2CC1. The van der Waals surface area contributed by atoms with Crippen LogP contribution in [0.3, 0.4) is 0 Å². The molecule has 29 heavy (non-hydrogen) atoms. The molecule has 1 heterocycles. The molecule has 0 bridgehead atoms. The number of rotatable bonds is 5. The number of hydrogen-bond donors (Lipinski definition) is 0. The monoisotopic (exact) mass is 402 g/mol. The van der Waals surface area contributed by atoms with E-state index in [0.717, 1.165) is 19.3 Å². The molecule has 2 fully saturated rings. The molecular weight excluding hydrogens is 364 g/mol. The molecule has 1 aliphatic heterocycles. The van der Waals surface area contributed by atoms with Gasteiger partial charge in [0.2, 0.25) is 0 Å². The minimum atomic E-state index is -0.394. The van der Waals surface area contributed by atoms with Gasteiger partial charge in [0.25, 0.3) is 0 Å². The minimum Gasteiger partial charge on any atom is -0.465 e. The number of fused-ring (bicyclic) bond motifs is 3. The second kappa shape index (κ2) is 8.19. The molecule has 162 valence electrons. The van der Waals surface area contributed by atoms with Gasteiger partial charge in [-0.3, -0.25) is 4.79 Å². The van der Waals surface area contributed by atoms with Crippen molar-refractivity contribution in [1.29, 1.82) is 0 Å². The van der Waals surface area contributed by atoms with Gasteiger partial charge in [0.1, 0.15) is 0 Å². The zero-order valence-electron chi connectivity index (χ0n) is 18.7. The van der Waals surface area contributed by atoms with E-state index in [4.69, 9.17) is 14.2 Å². The van der Waals surface area contributed by atoms with Gasteiger partial charge in [-0.2, -0.15) is 0 Å². The largest absolute Gasteiger partial charge is 0.465 e. The summed E-state index contributed by atoms with van der Waals surface area (Å²) in [6.07, 6.45) is 12.0. The quantitative estimate of drug-likeness (QED) is 0.575. The first kappa shape index (κ1) is 21.1. The molecule has 0 aromatic carbocycles. The summed E-state index contributed by atoms with van der Waals surface area (Å²) in [5, 5.41) is 0. The van der Waals surface area contributed by atoms with Crippen molar-refractivity contribution >= 4 is 5.97 Å². The standard InChI is InChI=1S/C25H38O4/c1-17(2)18-6-8-20-19(16-18)7-9-21-24(20,3)11-5-12-25(21,4)23(26)29-13-10-22-27-14-15-28-22/h7,16-17,20-22H,5-6,8-15H2,1-4H3. The molecule has 0 N–H and O–H groups in total. The number of carbonyl (C=O) groups excluding carboxylic acids is 1. The van der Waals surface area contributed by atoms with E-state index < -0.39 is 5.41 Å². The van der Waals surface area contributed by atoms with Crippen LogP contribution in [0.15, 0.2) is 23.3 Å². The molecule has 4 rings (SSSR count). The number of allylic oxidation sites excluding steroid dienone is 4. The predicted octanol–water partition coefficient (Wildman–Crippen LogP) is 5.43. The van der Waals surface area contributed by atoms with Gasteiger partial charge in [0.15, 0.2) is 6.29 Å². The van der Waals surface area contributed by atoms with E-state index in [9.17, 15) is 4.79 Å². The molecule has 0 spiro atoms. The average Bonchev–Trinajstić information content (AvgIpc) is 3.20. The first-order valence-electron chi connectivity index (χ1n) is 11.7. The highest BCUT2D eigenvalue weighted by Crippen LogP contribution is 2.62. The highest BCUT2D eigenvalue weighted by molar-refractivity contribution is 5.77. The van der Waals surface area contributed by atoms with Crippen molar-refractivity contribution in [3.8, 4) is 0 Å². The molecular formula is C25H38O4. The molecule has 0 aromatic rings. The van der Waals surface area contributed by atoms with E-state index in [-0.39, 0.29) is 17.7 Å². The van der Waals surface area contributed by atoms with Crippen molar-refractivity contribution in [1.82, 2.24) is 0 Å². The maximum atomic E-state index is 13.3. The lowest BCUT2D eigenvalue weighted by molar-refractivity contribution is -0.171. The Bertz CT molecular complexity index is 687. The van der Waals surface area contributed by atoms with E-state index in [2.05, 4.69) is 39.8 Å². The fourth-order valence-corrected chi connectivity index (χ4v) is 6.58. The molecule has 4 unspecified atom stereocenters. The van der Waals surface area contributed by atoms with E-state index in [1.54, 1.807) is 5.57 Å². The van der Waals surface area contributed by atoms with Crippen LogP contribution < -0.4 is 0 Å². The smallest absolute Gasteiger partial charge is 0.312 e. The molecule has 4 atom stereocenters. The van der Waals surface area contributed by atoms with Crippen molar-refractivity contribution in [3.05, 3.63) is 23.3 Å².